The Morgan fingerprint density at radius 2 is 2.41 bits per heavy atom. The molecule has 1 aromatic heterocycles. The molecule has 0 amide bonds. The van der Waals surface area contributed by atoms with Crippen LogP contribution < -0.4 is 0 Å². The summed E-state index contributed by atoms with van der Waals surface area (Å²) in [7, 11) is 5.06. The fraction of sp³-hybridized carbons (Fsp3) is 0.545. The summed E-state index contributed by atoms with van der Waals surface area (Å²) >= 11 is 7.17. The molecule has 1 aliphatic rings. The molecule has 1 heterocycles. The second-order valence-electron chi connectivity index (χ2n) is 4.77. The number of aromatic nitrogens is 2. The third-order valence-electron chi connectivity index (χ3n) is 3.74. The zero-order valence-electron chi connectivity index (χ0n) is 11.4. The number of nitrogens with zero attached hydrogens (tertiary/aromatic N) is 3. The van der Waals surface area contributed by atoms with Gasteiger partial charge in [0.1, 0.15) is 0 Å². The summed E-state index contributed by atoms with van der Waals surface area (Å²) in [6.45, 7) is 5.55. The molecule has 22 heavy (non-hydrogen) atoms. The van der Waals surface area contributed by atoms with Crippen molar-refractivity contribution in [2.45, 2.75) is 24.7 Å². The van der Waals surface area contributed by atoms with E-state index in [4.69, 9.17) is 27.4 Å². The summed E-state index contributed by atoms with van der Waals surface area (Å²) in [6, 6.07) is -0.0874. The topological polar surface area (TPSA) is 68.9 Å². The zero-order valence-corrected chi connectivity index (χ0v) is 18.4. The molecule has 0 aromatic carbocycles. The Morgan fingerprint density at radius 1 is 1.68 bits per heavy atom. The van der Waals surface area contributed by atoms with Gasteiger partial charge in [-0.2, -0.15) is 0 Å². The minimum atomic E-state index is -0.249. The number of hydrogen-bond acceptors (Lipinski definition) is 5. The van der Waals surface area contributed by atoms with E-state index in [1.807, 2.05) is 4.57 Å². The van der Waals surface area contributed by atoms with Crippen molar-refractivity contribution in [3.05, 3.63) is 12.0 Å². The summed E-state index contributed by atoms with van der Waals surface area (Å²) in [4.78, 5) is 8.12. The summed E-state index contributed by atoms with van der Waals surface area (Å²) < 4.78 is 13.8. The SMILES string of the molecule is [CH-]=Nc1c([C](Cl)=[W])ncn1[C@@H]1C[C@H](CO)[C@@H](OPP)[C@H]1OP. The van der Waals surface area contributed by atoms with Crippen LogP contribution in [0.5, 0.6) is 0 Å². The molecule has 122 valence electrons. The molecule has 0 radical (unpaired) electrons. The van der Waals surface area contributed by atoms with Crippen LogP contribution in [0.3, 0.4) is 0 Å². The molecule has 1 N–H and O–H groups in total. The van der Waals surface area contributed by atoms with Gasteiger partial charge in [-0.05, 0) is 0 Å². The van der Waals surface area contributed by atoms with Gasteiger partial charge >= 0.3 is 152 Å². The summed E-state index contributed by atoms with van der Waals surface area (Å²) in [5, 5.41) is 9.62. The number of aliphatic imine (C=N–C) groups is 1. The van der Waals surface area contributed by atoms with Crippen molar-refractivity contribution in [1.82, 2.24) is 9.55 Å². The van der Waals surface area contributed by atoms with Crippen molar-refractivity contribution < 1.29 is 33.5 Å². The maximum atomic E-state index is 9.62. The number of rotatable bonds is 7. The van der Waals surface area contributed by atoms with Gasteiger partial charge in [-0.25, -0.2) is 0 Å². The number of aliphatic hydroxyl groups excluding tert-OH is 1. The first-order chi connectivity index (χ1) is 10.6. The fourth-order valence-corrected chi connectivity index (χ4v) is 4.73. The molecule has 1 saturated carbocycles. The van der Waals surface area contributed by atoms with Crippen molar-refractivity contribution in [3.63, 3.8) is 0 Å². The number of halogens is 1. The molecule has 1 aliphatic carbocycles. The van der Waals surface area contributed by atoms with Crippen LogP contribution in [0.1, 0.15) is 18.2 Å². The molecule has 0 aliphatic heterocycles. The standard InChI is InChI=1S/C11H16ClN3O3P3.W/c1-13-11-7(3-12)14-5-15(11)8-2-6(4-16)9(18-21-20)10(8)17-19;/h1,5-6,8-10,16,21H,2,4,19-20H2;/q-1;/t6-,8-,9-,10+;/m1./s1. The second kappa shape index (κ2) is 8.84. The molecule has 0 saturated heterocycles. The van der Waals surface area contributed by atoms with Gasteiger partial charge in [0.15, 0.2) is 0 Å². The van der Waals surface area contributed by atoms with Crippen LogP contribution >= 0.6 is 38.5 Å². The molecular formula is C11H16ClN3O3P3W-. The van der Waals surface area contributed by atoms with Crippen molar-refractivity contribution in [2.75, 3.05) is 6.61 Å². The molecule has 3 unspecified atom stereocenters. The Balaban J connectivity index is 2.39. The van der Waals surface area contributed by atoms with E-state index in [-0.39, 0.29) is 39.3 Å². The van der Waals surface area contributed by atoms with Crippen LogP contribution in [0.4, 0.5) is 5.82 Å². The molecular weight excluding hydrogens is 534 g/mol. The van der Waals surface area contributed by atoms with Gasteiger partial charge in [0.25, 0.3) is 0 Å². The van der Waals surface area contributed by atoms with E-state index in [1.54, 1.807) is 6.33 Å². The molecule has 2 rings (SSSR count). The Kier molecular flexibility index (Phi) is 7.72. The van der Waals surface area contributed by atoms with Gasteiger partial charge in [-0.3, -0.25) is 0 Å². The molecule has 0 spiro atoms. The van der Waals surface area contributed by atoms with Gasteiger partial charge in [0, 0.05) is 0 Å². The Labute approximate surface area is 151 Å². The molecule has 1 fully saturated rings. The van der Waals surface area contributed by atoms with Crippen LogP contribution in [0.2, 0.25) is 0 Å². The molecule has 7 atom stereocenters. The predicted octanol–water partition coefficient (Wildman–Crippen LogP) is 1.85. The maximum absolute atomic E-state index is 9.62. The Morgan fingerprint density at radius 3 is 2.91 bits per heavy atom. The molecule has 6 nitrogen and oxygen atoms in total. The summed E-state index contributed by atoms with van der Waals surface area (Å²) in [5.41, 5.74) is 0.583. The van der Waals surface area contributed by atoms with Crippen molar-refractivity contribution in [3.8, 4) is 0 Å². The van der Waals surface area contributed by atoms with Gasteiger partial charge in [0.2, 0.25) is 0 Å². The van der Waals surface area contributed by atoms with Crippen molar-refractivity contribution >= 4 is 54.4 Å². The first-order valence-electron chi connectivity index (χ1n) is 6.34. The fourth-order valence-electron chi connectivity index (χ4n) is 2.79. The quantitative estimate of drug-likeness (QED) is 0.320. The van der Waals surface area contributed by atoms with Gasteiger partial charge < -0.3 is 0 Å². The predicted molar refractivity (Wildman–Crippen MR) is 92.1 cm³/mol. The number of aliphatic hydroxyl groups is 1. The Hall–Kier alpha value is 0.898. The molecule has 11 heteroatoms. The monoisotopic (exact) mass is 550 g/mol. The zero-order chi connectivity index (χ0) is 16.3. The van der Waals surface area contributed by atoms with E-state index in [0.717, 1.165) is 19.4 Å². The van der Waals surface area contributed by atoms with Crippen LogP contribution in [0.25, 0.3) is 0 Å². The van der Waals surface area contributed by atoms with E-state index in [2.05, 4.69) is 28.4 Å². The summed E-state index contributed by atoms with van der Waals surface area (Å²) in [6.07, 6.45) is 1.89. The average Bonchev–Trinajstić information content (AvgIpc) is 3.07. The average molecular weight is 550 g/mol. The van der Waals surface area contributed by atoms with Gasteiger partial charge in [-0.15, -0.1) is 0 Å². The normalized spacial score (nSPS) is 28.5. The first-order valence-corrected chi connectivity index (χ1v) is 11.4. The van der Waals surface area contributed by atoms with Crippen LogP contribution in [0.15, 0.2) is 11.3 Å². The van der Waals surface area contributed by atoms with Crippen LogP contribution in [-0.2, 0) is 28.4 Å². The van der Waals surface area contributed by atoms with Crippen LogP contribution in [-0.4, -0.2) is 43.5 Å². The third kappa shape index (κ3) is 3.76. The third-order valence-corrected chi connectivity index (χ3v) is 5.75. The van der Waals surface area contributed by atoms with Crippen molar-refractivity contribution in [2.24, 2.45) is 10.9 Å². The van der Waals surface area contributed by atoms with E-state index >= 15 is 0 Å². The number of imidazole rings is 1. The van der Waals surface area contributed by atoms with Crippen LogP contribution in [0, 0.1) is 5.92 Å². The molecule has 1 aromatic rings. The van der Waals surface area contributed by atoms with E-state index in [1.165, 1.54) is 0 Å². The first kappa shape index (κ1) is 19.2. The molecule has 0 bridgehead atoms. The second-order valence-corrected chi connectivity index (χ2v) is 8.96. The van der Waals surface area contributed by atoms with Crippen molar-refractivity contribution in [1.29, 1.82) is 0 Å². The number of hydrogen-bond donors (Lipinski definition) is 1. The Bertz CT molecular complexity index is 562. The summed E-state index contributed by atoms with van der Waals surface area (Å²) in [5.74, 6) is 0.495. The van der Waals surface area contributed by atoms with Gasteiger partial charge in [-0.1, -0.05) is 0 Å². The van der Waals surface area contributed by atoms with Gasteiger partial charge in [0.05, 0.1) is 0 Å². The van der Waals surface area contributed by atoms with E-state index < -0.39 is 0 Å². The van der Waals surface area contributed by atoms with E-state index in [9.17, 15) is 5.11 Å². The van der Waals surface area contributed by atoms with E-state index in [0.29, 0.717) is 21.3 Å². The minimum absolute atomic E-state index is 0.0215.